The van der Waals surface area contributed by atoms with Crippen LogP contribution >= 0.6 is 11.3 Å². The van der Waals surface area contributed by atoms with E-state index in [0.717, 1.165) is 27.1 Å². The molecule has 2 heterocycles. The van der Waals surface area contributed by atoms with Crippen molar-refractivity contribution in [3.63, 3.8) is 0 Å². The van der Waals surface area contributed by atoms with Crippen molar-refractivity contribution in [3.05, 3.63) is 90.4 Å². The highest BCUT2D eigenvalue weighted by Gasteiger charge is 2.18. The second-order valence-electron chi connectivity index (χ2n) is 7.17. The van der Waals surface area contributed by atoms with Gasteiger partial charge in [-0.15, -0.1) is 11.3 Å². The Morgan fingerprint density at radius 3 is 2.59 bits per heavy atom. The maximum Gasteiger partial charge on any atom is 0.329 e. The van der Waals surface area contributed by atoms with Crippen molar-refractivity contribution in [3.8, 4) is 17.2 Å². The summed E-state index contributed by atoms with van der Waals surface area (Å²) in [6.07, 6.45) is 0. The van der Waals surface area contributed by atoms with Crippen LogP contribution in [-0.2, 0) is 6.54 Å². The smallest absolute Gasteiger partial charge is 0.298 e. The summed E-state index contributed by atoms with van der Waals surface area (Å²) >= 11 is 1.42. The van der Waals surface area contributed by atoms with E-state index in [1.165, 1.54) is 21.5 Å². The van der Waals surface area contributed by atoms with E-state index in [2.05, 4.69) is 24.0 Å². The number of aromatic amines is 1. The summed E-state index contributed by atoms with van der Waals surface area (Å²) in [5, 5.41) is 9.63. The van der Waals surface area contributed by atoms with Crippen LogP contribution in [0.2, 0.25) is 0 Å². The molecule has 0 aliphatic heterocycles. The standard InChI is InChI=1S/C23H19N3O2S/c1-13-7-8-18(9-14(13)2)19-15(3)29-21-20(19)22(27)26(23(28)25-21)12-17-6-4-5-16(10-17)11-24/h4-10H,12H2,1-3H3,(H,25,28). The zero-order valence-corrected chi connectivity index (χ0v) is 17.2. The van der Waals surface area contributed by atoms with Crippen molar-refractivity contribution in [2.24, 2.45) is 0 Å². The Bertz CT molecular complexity index is 1420. The molecule has 2 aromatic heterocycles. The van der Waals surface area contributed by atoms with Gasteiger partial charge in [0.1, 0.15) is 4.83 Å². The zero-order valence-electron chi connectivity index (χ0n) is 16.4. The summed E-state index contributed by atoms with van der Waals surface area (Å²) < 4.78 is 1.20. The quantitative estimate of drug-likeness (QED) is 0.557. The van der Waals surface area contributed by atoms with Gasteiger partial charge in [-0.05, 0) is 55.2 Å². The van der Waals surface area contributed by atoms with Crippen LogP contribution in [0.5, 0.6) is 0 Å². The zero-order chi connectivity index (χ0) is 20.7. The van der Waals surface area contributed by atoms with Crippen LogP contribution in [0.25, 0.3) is 21.3 Å². The first kappa shape index (κ1) is 18.9. The Morgan fingerprint density at radius 1 is 1.07 bits per heavy atom. The van der Waals surface area contributed by atoms with Crippen molar-refractivity contribution < 1.29 is 0 Å². The molecular formula is C23H19N3O2S. The number of nitrogens with one attached hydrogen (secondary N) is 1. The van der Waals surface area contributed by atoms with Crippen molar-refractivity contribution in [1.29, 1.82) is 5.26 Å². The maximum absolute atomic E-state index is 13.4. The van der Waals surface area contributed by atoms with E-state index >= 15 is 0 Å². The first-order valence-corrected chi connectivity index (χ1v) is 10.0. The lowest BCUT2D eigenvalue weighted by Gasteiger charge is -2.08. The van der Waals surface area contributed by atoms with Crippen LogP contribution in [0.4, 0.5) is 0 Å². The molecule has 6 heteroatoms. The Kier molecular flexibility index (Phi) is 4.69. The first-order valence-electron chi connectivity index (χ1n) is 9.22. The number of nitrogens with zero attached hydrogens (tertiary/aromatic N) is 2. The molecule has 0 saturated carbocycles. The van der Waals surface area contributed by atoms with Crippen molar-refractivity contribution in [2.45, 2.75) is 27.3 Å². The second kappa shape index (κ2) is 7.19. The average molecular weight is 401 g/mol. The molecule has 5 nitrogen and oxygen atoms in total. The monoisotopic (exact) mass is 401 g/mol. The molecule has 4 aromatic rings. The number of hydrogen-bond donors (Lipinski definition) is 1. The van der Waals surface area contributed by atoms with Gasteiger partial charge >= 0.3 is 5.69 Å². The van der Waals surface area contributed by atoms with Crippen LogP contribution in [0.15, 0.2) is 52.1 Å². The lowest BCUT2D eigenvalue weighted by Crippen LogP contribution is -2.35. The minimum atomic E-state index is -0.447. The molecule has 29 heavy (non-hydrogen) atoms. The van der Waals surface area contributed by atoms with E-state index in [1.807, 2.05) is 26.0 Å². The first-order chi connectivity index (χ1) is 13.9. The predicted molar refractivity (Wildman–Crippen MR) is 117 cm³/mol. The van der Waals surface area contributed by atoms with Gasteiger partial charge in [0.15, 0.2) is 0 Å². The fourth-order valence-electron chi connectivity index (χ4n) is 3.54. The minimum absolute atomic E-state index is 0.112. The Morgan fingerprint density at radius 2 is 1.86 bits per heavy atom. The van der Waals surface area contributed by atoms with E-state index in [9.17, 15) is 9.59 Å². The number of aryl methyl sites for hydroxylation is 3. The molecule has 0 saturated heterocycles. The lowest BCUT2D eigenvalue weighted by molar-refractivity contribution is 0.713. The topological polar surface area (TPSA) is 78.7 Å². The molecule has 0 radical (unpaired) electrons. The summed E-state index contributed by atoms with van der Waals surface area (Å²) in [4.78, 5) is 30.4. The summed E-state index contributed by atoms with van der Waals surface area (Å²) in [5.41, 5.74) is 4.65. The van der Waals surface area contributed by atoms with Gasteiger partial charge in [0.05, 0.1) is 23.6 Å². The van der Waals surface area contributed by atoms with Crippen molar-refractivity contribution >= 4 is 21.6 Å². The van der Waals surface area contributed by atoms with Gasteiger partial charge in [-0.2, -0.15) is 5.26 Å². The molecule has 0 amide bonds. The Labute approximate surface area is 171 Å². The van der Waals surface area contributed by atoms with Crippen LogP contribution in [0.3, 0.4) is 0 Å². The second-order valence-corrected chi connectivity index (χ2v) is 8.39. The fourth-order valence-corrected chi connectivity index (χ4v) is 4.60. The van der Waals surface area contributed by atoms with Gasteiger partial charge in [-0.25, -0.2) is 4.79 Å². The number of fused-ring (bicyclic) bond motifs is 1. The van der Waals surface area contributed by atoms with Gasteiger partial charge in [0, 0.05) is 10.4 Å². The molecule has 0 aliphatic carbocycles. The Hall–Kier alpha value is -3.43. The van der Waals surface area contributed by atoms with Gasteiger partial charge < -0.3 is 0 Å². The van der Waals surface area contributed by atoms with Gasteiger partial charge in [-0.1, -0.05) is 30.3 Å². The molecule has 0 fully saturated rings. The van der Waals surface area contributed by atoms with Gasteiger partial charge in [0.2, 0.25) is 0 Å². The highest BCUT2D eigenvalue weighted by Crippen LogP contribution is 2.35. The molecular weight excluding hydrogens is 382 g/mol. The molecule has 0 spiro atoms. The van der Waals surface area contributed by atoms with Crippen molar-refractivity contribution in [2.75, 3.05) is 0 Å². The van der Waals surface area contributed by atoms with E-state index in [1.54, 1.807) is 24.3 Å². The number of benzene rings is 2. The van der Waals surface area contributed by atoms with Gasteiger partial charge in [0.25, 0.3) is 5.56 Å². The third kappa shape index (κ3) is 3.30. The summed E-state index contributed by atoms with van der Waals surface area (Å²) in [7, 11) is 0. The number of rotatable bonds is 3. The molecule has 4 rings (SSSR count). The Balaban J connectivity index is 1.94. The summed E-state index contributed by atoms with van der Waals surface area (Å²) in [5.74, 6) is 0. The summed E-state index contributed by atoms with van der Waals surface area (Å²) in [6, 6.07) is 15.2. The van der Waals surface area contributed by atoms with Crippen molar-refractivity contribution in [1.82, 2.24) is 9.55 Å². The highest BCUT2D eigenvalue weighted by atomic mass is 32.1. The largest absolute Gasteiger partial charge is 0.329 e. The molecule has 0 bridgehead atoms. The molecule has 0 atom stereocenters. The highest BCUT2D eigenvalue weighted by molar-refractivity contribution is 7.19. The lowest BCUT2D eigenvalue weighted by atomic mass is 9.99. The molecule has 0 unspecified atom stereocenters. The molecule has 1 N–H and O–H groups in total. The van der Waals surface area contributed by atoms with E-state index in [0.29, 0.717) is 15.8 Å². The summed E-state index contributed by atoms with van der Waals surface area (Å²) in [6.45, 7) is 6.18. The third-order valence-corrected chi connectivity index (χ3v) is 6.22. The fraction of sp³-hybridized carbons (Fsp3) is 0.174. The van der Waals surface area contributed by atoms with E-state index in [4.69, 9.17) is 5.26 Å². The molecule has 2 aromatic carbocycles. The maximum atomic E-state index is 13.4. The number of nitriles is 1. The number of thiophene rings is 1. The number of aromatic nitrogens is 2. The van der Waals surface area contributed by atoms with Crippen LogP contribution in [0, 0.1) is 32.1 Å². The minimum Gasteiger partial charge on any atom is -0.298 e. The van der Waals surface area contributed by atoms with Crippen LogP contribution in [-0.4, -0.2) is 9.55 Å². The van der Waals surface area contributed by atoms with E-state index < -0.39 is 5.69 Å². The molecule has 144 valence electrons. The SMILES string of the molecule is Cc1ccc(-c2c(C)sc3[nH]c(=O)n(Cc4cccc(C#N)c4)c(=O)c23)cc1C. The normalized spacial score (nSPS) is 11.0. The third-order valence-electron chi connectivity index (χ3n) is 5.20. The van der Waals surface area contributed by atoms with E-state index in [-0.39, 0.29) is 12.1 Å². The number of hydrogen-bond acceptors (Lipinski definition) is 4. The predicted octanol–water partition coefficient (Wildman–Crippen LogP) is 4.26. The molecule has 0 aliphatic rings. The average Bonchev–Trinajstić information content (AvgIpc) is 3.03. The van der Waals surface area contributed by atoms with Crippen LogP contribution < -0.4 is 11.2 Å². The number of H-pyrrole nitrogens is 1. The van der Waals surface area contributed by atoms with Gasteiger partial charge in [-0.3, -0.25) is 14.3 Å². The van der Waals surface area contributed by atoms with Crippen LogP contribution in [0.1, 0.15) is 27.1 Å².